The van der Waals surface area contributed by atoms with E-state index in [1.54, 1.807) is 0 Å². The average Bonchev–Trinajstić information content (AvgIpc) is 2.85. The van der Waals surface area contributed by atoms with Crippen LogP contribution in [-0.4, -0.2) is 9.38 Å². The summed E-state index contributed by atoms with van der Waals surface area (Å²) in [5.74, 6) is 0. The number of nitrogens with zero attached hydrogens (tertiary/aromatic N) is 2. The maximum Gasteiger partial charge on any atom is 0.139 e. The van der Waals surface area contributed by atoms with Crippen LogP contribution in [0.2, 0.25) is 0 Å². The van der Waals surface area contributed by atoms with Crippen molar-refractivity contribution in [3.8, 4) is 0 Å². The topological polar surface area (TPSA) is 17.3 Å². The number of hydrogen-bond donors (Lipinski definition) is 0. The highest BCUT2D eigenvalue weighted by Gasteiger charge is 2.10. The summed E-state index contributed by atoms with van der Waals surface area (Å²) >= 11 is 0. The van der Waals surface area contributed by atoms with Gasteiger partial charge in [0.1, 0.15) is 5.65 Å². The first kappa shape index (κ1) is 7.23. The standard InChI is InChI=1S/C13H8N2/c1-2-6-12-10(5-1)14-13-8-9-4-3-7-11(9)15(12)13/h1-8H. The van der Waals surface area contributed by atoms with Crippen LogP contribution in [0.1, 0.15) is 5.56 Å². The van der Waals surface area contributed by atoms with Crippen LogP contribution >= 0.6 is 0 Å². The van der Waals surface area contributed by atoms with E-state index in [1.165, 1.54) is 16.4 Å². The summed E-state index contributed by atoms with van der Waals surface area (Å²) in [7, 11) is 0. The molecule has 0 aliphatic heterocycles. The summed E-state index contributed by atoms with van der Waals surface area (Å²) < 4.78 is 2.21. The molecule has 0 radical (unpaired) electrons. The van der Waals surface area contributed by atoms with Crippen LogP contribution < -0.4 is 5.35 Å². The van der Waals surface area contributed by atoms with E-state index in [-0.39, 0.29) is 0 Å². The van der Waals surface area contributed by atoms with Gasteiger partial charge in [-0.25, -0.2) is 4.98 Å². The SMILES string of the molecule is C1=Cc2cc3nc4ccccc4n3c2=C1. The minimum atomic E-state index is 1.04. The van der Waals surface area contributed by atoms with Gasteiger partial charge in [0.25, 0.3) is 0 Å². The molecule has 2 heteroatoms. The Balaban J connectivity index is 2.38. The zero-order chi connectivity index (χ0) is 9.83. The van der Waals surface area contributed by atoms with Crippen molar-refractivity contribution in [2.45, 2.75) is 0 Å². The largest absolute Gasteiger partial charge is 0.292 e. The maximum atomic E-state index is 4.59. The summed E-state index contributed by atoms with van der Waals surface area (Å²) in [5.41, 5.74) is 4.56. The van der Waals surface area contributed by atoms with Gasteiger partial charge in [0, 0.05) is 5.56 Å². The average molecular weight is 192 g/mol. The molecule has 0 atom stereocenters. The van der Waals surface area contributed by atoms with Gasteiger partial charge in [-0.3, -0.25) is 4.40 Å². The summed E-state index contributed by atoms with van der Waals surface area (Å²) in [6.45, 7) is 0. The van der Waals surface area contributed by atoms with Gasteiger partial charge in [0.15, 0.2) is 0 Å². The molecule has 2 nitrogen and oxygen atoms in total. The lowest BCUT2D eigenvalue weighted by Crippen LogP contribution is -2.07. The van der Waals surface area contributed by atoms with Crippen molar-refractivity contribution in [2.24, 2.45) is 0 Å². The van der Waals surface area contributed by atoms with Crippen molar-refractivity contribution in [3.63, 3.8) is 0 Å². The number of hydrogen-bond acceptors (Lipinski definition) is 1. The Hall–Kier alpha value is -2.09. The lowest BCUT2D eigenvalue weighted by atomic mass is 10.3. The second-order valence-corrected chi connectivity index (χ2v) is 3.80. The van der Waals surface area contributed by atoms with Gasteiger partial charge in [0.2, 0.25) is 0 Å². The molecule has 0 amide bonds. The third kappa shape index (κ3) is 0.773. The van der Waals surface area contributed by atoms with Gasteiger partial charge in [-0.2, -0.15) is 0 Å². The lowest BCUT2D eigenvalue weighted by molar-refractivity contribution is 1.21. The van der Waals surface area contributed by atoms with Crippen LogP contribution in [0.25, 0.3) is 28.8 Å². The van der Waals surface area contributed by atoms with Gasteiger partial charge < -0.3 is 0 Å². The fraction of sp³-hybridized carbons (Fsp3) is 0. The lowest BCUT2D eigenvalue weighted by Gasteiger charge is -1.89. The number of rotatable bonds is 0. The molecule has 0 saturated heterocycles. The minimum absolute atomic E-state index is 1.04. The summed E-state index contributed by atoms with van der Waals surface area (Å²) in [5, 5.41) is 1.25. The molecule has 70 valence electrons. The molecule has 0 spiro atoms. The number of aromatic nitrogens is 2. The van der Waals surface area contributed by atoms with Crippen molar-refractivity contribution in [1.82, 2.24) is 9.38 Å². The first-order valence-electron chi connectivity index (χ1n) is 5.02. The van der Waals surface area contributed by atoms with Crippen molar-refractivity contribution < 1.29 is 0 Å². The molecule has 15 heavy (non-hydrogen) atoms. The molecule has 2 aromatic heterocycles. The number of para-hydroxylation sites is 2. The highest BCUT2D eigenvalue weighted by atomic mass is 15.0. The van der Waals surface area contributed by atoms with Crippen molar-refractivity contribution in [1.29, 1.82) is 0 Å². The predicted molar refractivity (Wildman–Crippen MR) is 61.4 cm³/mol. The molecule has 3 aromatic rings. The fourth-order valence-corrected chi connectivity index (χ4v) is 2.28. The Kier molecular flexibility index (Phi) is 1.10. The molecular formula is C13H8N2. The van der Waals surface area contributed by atoms with Gasteiger partial charge in [-0.1, -0.05) is 24.3 Å². The van der Waals surface area contributed by atoms with E-state index in [4.69, 9.17) is 0 Å². The number of fused-ring (bicyclic) bond motifs is 5. The van der Waals surface area contributed by atoms with Crippen molar-refractivity contribution in [2.75, 3.05) is 0 Å². The Labute approximate surface area is 86.2 Å². The van der Waals surface area contributed by atoms with E-state index in [2.05, 4.69) is 51.9 Å². The third-order valence-electron chi connectivity index (χ3n) is 2.94. The summed E-state index contributed by atoms with van der Waals surface area (Å²) in [6, 6.07) is 10.4. The maximum absolute atomic E-state index is 4.59. The van der Waals surface area contributed by atoms with Crippen LogP contribution in [0.3, 0.4) is 0 Å². The van der Waals surface area contributed by atoms with Crippen LogP contribution in [0, 0.1) is 0 Å². The Morgan fingerprint density at radius 2 is 2.07 bits per heavy atom. The van der Waals surface area contributed by atoms with Gasteiger partial charge >= 0.3 is 0 Å². The van der Waals surface area contributed by atoms with E-state index in [1.807, 2.05) is 6.07 Å². The molecule has 0 N–H and O–H groups in total. The summed E-state index contributed by atoms with van der Waals surface area (Å²) in [6.07, 6.45) is 6.34. The normalized spacial score (nSPS) is 13.6. The Morgan fingerprint density at radius 1 is 1.13 bits per heavy atom. The molecule has 1 aliphatic carbocycles. The molecule has 0 bridgehead atoms. The van der Waals surface area contributed by atoms with Crippen LogP contribution in [0.4, 0.5) is 0 Å². The fourth-order valence-electron chi connectivity index (χ4n) is 2.28. The van der Waals surface area contributed by atoms with Crippen molar-refractivity contribution in [3.05, 3.63) is 47.3 Å². The van der Waals surface area contributed by atoms with Gasteiger partial charge in [-0.05, 0) is 24.3 Å². The van der Waals surface area contributed by atoms with Crippen LogP contribution in [0.15, 0.2) is 36.4 Å². The molecule has 1 aliphatic rings. The third-order valence-corrected chi connectivity index (χ3v) is 2.94. The quantitative estimate of drug-likeness (QED) is 0.532. The molecule has 4 rings (SSSR count). The van der Waals surface area contributed by atoms with E-state index in [0.717, 1.165) is 11.2 Å². The monoisotopic (exact) mass is 192 g/mol. The second-order valence-electron chi connectivity index (χ2n) is 3.80. The molecule has 2 heterocycles. The number of benzene rings is 1. The Morgan fingerprint density at radius 3 is 3.07 bits per heavy atom. The molecular weight excluding hydrogens is 184 g/mol. The molecule has 0 unspecified atom stereocenters. The first-order chi connectivity index (χ1) is 7.43. The zero-order valence-electron chi connectivity index (χ0n) is 8.01. The van der Waals surface area contributed by atoms with Gasteiger partial charge in [-0.15, -0.1) is 0 Å². The molecule has 0 fully saturated rings. The summed E-state index contributed by atoms with van der Waals surface area (Å²) in [4.78, 5) is 4.59. The second kappa shape index (κ2) is 2.28. The van der Waals surface area contributed by atoms with E-state index < -0.39 is 0 Å². The number of allylic oxidation sites excluding steroid dienone is 1. The highest BCUT2D eigenvalue weighted by molar-refractivity contribution is 5.83. The van der Waals surface area contributed by atoms with Crippen LogP contribution in [0.5, 0.6) is 0 Å². The number of imidazole rings is 1. The van der Waals surface area contributed by atoms with E-state index in [0.29, 0.717) is 0 Å². The highest BCUT2D eigenvalue weighted by Crippen LogP contribution is 2.17. The van der Waals surface area contributed by atoms with Crippen LogP contribution in [-0.2, 0) is 0 Å². The van der Waals surface area contributed by atoms with E-state index >= 15 is 0 Å². The smallest absolute Gasteiger partial charge is 0.139 e. The Bertz CT molecular complexity index is 763. The molecule has 0 saturated carbocycles. The van der Waals surface area contributed by atoms with E-state index in [9.17, 15) is 0 Å². The predicted octanol–water partition coefficient (Wildman–Crippen LogP) is 2.01. The molecule has 1 aromatic carbocycles. The van der Waals surface area contributed by atoms with Gasteiger partial charge in [0.05, 0.1) is 16.4 Å². The zero-order valence-corrected chi connectivity index (χ0v) is 8.01. The van der Waals surface area contributed by atoms with Crippen molar-refractivity contribution >= 4 is 28.8 Å². The minimum Gasteiger partial charge on any atom is -0.292 e. The first-order valence-corrected chi connectivity index (χ1v) is 5.02.